The first-order chi connectivity index (χ1) is 7.26. The van der Waals surface area contributed by atoms with Crippen LogP contribution in [0, 0.1) is 5.41 Å². The van der Waals surface area contributed by atoms with E-state index in [1.807, 2.05) is 0 Å². The van der Waals surface area contributed by atoms with Crippen LogP contribution in [0.3, 0.4) is 0 Å². The van der Waals surface area contributed by atoms with Gasteiger partial charge in [-0.1, -0.05) is 19.3 Å². The Bertz CT molecular complexity index is 192. The number of ether oxygens (including phenoxy) is 1. The first-order valence-corrected chi connectivity index (χ1v) is 6.15. The Morgan fingerprint density at radius 3 is 2.40 bits per heavy atom. The first kappa shape index (κ1) is 11.4. The first-order valence-electron chi connectivity index (χ1n) is 6.15. The lowest BCUT2D eigenvalue weighted by Gasteiger charge is -2.44. The third-order valence-electron chi connectivity index (χ3n) is 3.93. The molecule has 1 saturated carbocycles. The number of aliphatic hydroxyl groups excluding tert-OH is 1. The van der Waals surface area contributed by atoms with Crippen LogP contribution in [0.4, 0.5) is 0 Å². The number of hydrogen-bond acceptors (Lipinski definition) is 3. The van der Waals surface area contributed by atoms with Crippen LogP contribution >= 0.6 is 0 Å². The number of hydrogen-bond donors (Lipinski definition) is 1. The van der Waals surface area contributed by atoms with Gasteiger partial charge < -0.3 is 14.7 Å². The molecule has 0 aromatic rings. The highest BCUT2D eigenvalue weighted by Gasteiger charge is 2.40. The quantitative estimate of drug-likeness (QED) is 0.763. The second kappa shape index (κ2) is 4.81. The maximum Gasteiger partial charge on any atom is 0.0579 e. The lowest BCUT2D eigenvalue weighted by atomic mass is 9.85. The lowest BCUT2D eigenvalue weighted by Crippen LogP contribution is -2.54. The number of aliphatic hydroxyl groups is 1. The summed E-state index contributed by atoms with van der Waals surface area (Å²) in [6.45, 7) is 2.74. The average molecular weight is 213 g/mol. The molecule has 0 unspecified atom stereocenters. The molecule has 0 aromatic heterocycles. The minimum Gasteiger partial charge on any atom is -0.396 e. The minimum atomic E-state index is 0.0478. The van der Waals surface area contributed by atoms with Gasteiger partial charge in [0.15, 0.2) is 0 Å². The average Bonchev–Trinajstić information content (AvgIpc) is 2.24. The molecule has 15 heavy (non-hydrogen) atoms. The lowest BCUT2D eigenvalue weighted by molar-refractivity contribution is -0.150. The van der Waals surface area contributed by atoms with Gasteiger partial charge in [0.05, 0.1) is 25.2 Å². The van der Waals surface area contributed by atoms with E-state index in [9.17, 15) is 5.11 Å². The molecule has 1 saturated heterocycles. The summed E-state index contributed by atoms with van der Waals surface area (Å²) in [6, 6.07) is 0.739. The van der Waals surface area contributed by atoms with Gasteiger partial charge >= 0.3 is 0 Å². The molecular formula is C12H23NO2. The van der Waals surface area contributed by atoms with E-state index in [4.69, 9.17) is 4.74 Å². The molecule has 2 aliphatic rings. The fourth-order valence-electron chi connectivity index (χ4n) is 2.80. The van der Waals surface area contributed by atoms with Crippen LogP contribution in [0.15, 0.2) is 0 Å². The summed E-state index contributed by atoms with van der Waals surface area (Å²) in [5, 5.41) is 9.38. The molecule has 1 heterocycles. The van der Waals surface area contributed by atoms with E-state index in [2.05, 4.69) is 11.9 Å². The van der Waals surface area contributed by atoms with Crippen molar-refractivity contribution in [2.45, 2.75) is 38.1 Å². The third kappa shape index (κ3) is 2.52. The SMILES string of the molecule is CN(CC1(CO)COC1)C1CCCCC1. The zero-order valence-corrected chi connectivity index (χ0v) is 9.74. The van der Waals surface area contributed by atoms with Crippen LogP contribution in [-0.4, -0.2) is 49.5 Å². The number of nitrogens with zero attached hydrogens (tertiary/aromatic N) is 1. The summed E-state index contributed by atoms with van der Waals surface area (Å²) < 4.78 is 5.23. The Balaban J connectivity index is 1.82. The van der Waals surface area contributed by atoms with Crippen LogP contribution in [0.5, 0.6) is 0 Å². The van der Waals surface area contributed by atoms with E-state index in [1.54, 1.807) is 0 Å². The monoisotopic (exact) mass is 213 g/mol. The van der Waals surface area contributed by atoms with Gasteiger partial charge in [0, 0.05) is 12.6 Å². The van der Waals surface area contributed by atoms with Gasteiger partial charge in [0.25, 0.3) is 0 Å². The second-order valence-electron chi connectivity index (χ2n) is 5.36. The molecule has 3 heteroatoms. The van der Waals surface area contributed by atoms with Gasteiger partial charge in [0.1, 0.15) is 0 Å². The smallest absolute Gasteiger partial charge is 0.0579 e. The van der Waals surface area contributed by atoms with E-state index in [1.165, 1.54) is 32.1 Å². The Morgan fingerprint density at radius 1 is 1.27 bits per heavy atom. The standard InChI is InChI=1S/C12H23NO2/c1-13(11-5-3-2-4-6-11)7-12(8-14)9-15-10-12/h11,14H,2-10H2,1H3. The maximum absolute atomic E-state index is 9.38. The third-order valence-corrected chi connectivity index (χ3v) is 3.93. The van der Waals surface area contributed by atoms with Gasteiger partial charge in [0.2, 0.25) is 0 Å². The van der Waals surface area contributed by atoms with Gasteiger partial charge in [-0.2, -0.15) is 0 Å². The normalized spacial score (nSPS) is 26.6. The molecule has 2 rings (SSSR count). The molecule has 1 N–H and O–H groups in total. The molecule has 88 valence electrons. The van der Waals surface area contributed by atoms with E-state index < -0.39 is 0 Å². The van der Waals surface area contributed by atoms with Crippen molar-refractivity contribution in [1.82, 2.24) is 4.90 Å². The van der Waals surface area contributed by atoms with Gasteiger partial charge in [-0.05, 0) is 19.9 Å². The molecule has 0 radical (unpaired) electrons. The Hall–Kier alpha value is -0.120. The van der Waals surface area contributed by atoms with E-state index in [-0.39, 0.29) is 12.0 Å². The molecule has 0 amide bonds. The molecule has 0 spiro atoms. The predicted molar refractivity (Wildman–Crippen MR) is 59.8 cm³/mol. The van der Waals surface area contributed by atoms with Crippen molar-refractivity contribution in [3.63, 3.8) is 0 Å². The van der Waals surface area contributed by atoms with Crippen LogP contribution in [0.1, 0.15) is 32.1 Å². The second-order valence-corrected chi connectivity index (χ2v) is 5.36. The van der Waals surface area contributed by atoms with Crippen molar-refractivity contribution < 1.29 is 9.84 Å². The highest BCUT2D eigenvalue weighted by Crippen LogP contribution is 2.30. The van der Waals surface area contributed by atoms with Crippen molar-refractivity contribution in [1.29, 1.82) is 0 Å². The summed E-state index contributed by atoms with van der Waals surface area (Å²) in [4.78, 5) is 2.44. The van der Waals surface area contributed by atoms with Crippen LogP contribution in [-0.2, 0) is 4.74 Å². The summed E-state index contributed by atoms with van der Waals surface area (Å²) in [7, 11) is 2.20. The fourth-order valence-corrected chi connectivity index (χ4v) is 2.80. The minimum absolute atomic E-state index is 0.0478. The van der Waals surface area contributed by atoms with Crippen LogP contribution in [0.2, 0.25) is 0 Å². The molecule has 1 aliphatic heterocycles. The van der Waals surface area contributed by atoms with Crippen molar-refractivity contribution in [3.05, 3.63) is 0 Å². The van der Waals surface area contributed by atoms with Crippen molar-refractivity contribution in [2.24, 2.45) is 5.41 Å². The number of rotatable bonds is 4. The van der Waals surface area contributed by atoms with E-state index >= 15 is 0 Å². The zero-order valence-electron chi connectivity index (χ0n) is 9.74. The van der Waals surface area contributed by atoms with Gasteiger partial charge in [-0.3, -0.25) is 0 Å². The Labute approximate surface area is 92.4 Å². The molecule has 2 fully saturated rings. The summed E-state index contributed by atoms with van der Waals surface area (Å²) in [5.74, 6) is 0. The van der Waals surface area contributed by atoms with E-state index in [0.29, 0.717) is 0 Å². The predicted octanol–water partition coefficient (Wildman–Crippen LogP) is 1.26. The summed E-state index contributed by atoms with van der Waals surface area (Å²) in [5.41, 5.74) is 0.0478. The highest BCUT2D eigenvalue weighted by molar-refractivity contribution is 4.89. The van der Waals surface area contributed by atoms with E-state index in [0.717, 1.165) is 25.8 Å². The Kier molecular flexibility index (Phi) is 3.65. The highest BCUT2D eigenvalue weighted by atomic mass is 16.5. The molecule has 1 aliphatic carbocycles. The van der Waals surface area contributed by atoms with Crippen molar-refractivity contribution >= 4 is 0 Å². The maximum atomic E-state index is 9.38. The summed E-state index contributed by atoms with van der Waals surface area (Å²) >= 11 is 0. The molecule has 3 nitrogen and oxygen atoms in total. The molecule has 0 aromatic carbocycles. The van der Waals surface area contributed by atoms with Crippen LogP contribution < -0.4 is 0 Å². The van der Waals surface area contributed by atoms with Gasteiger partial charge in [-0.25, -0.2) is 0 Å². The zero-order chi connectivity index (χ0) is 10.7. The summed E-state index contributed by atoms with van der Waals surface area (Å²) in [6.07, 6.45) is 6.81. The Morgan fingerprint density at radius 2 is 1.93 bits per heavy atom. The van der Waals surface area contributed by atoms with Gasteiger partial charge in [-0.15, -0.1) is 0 Å². The topological polar surface area (TPSA) is 32.7 Å². The largest absolute Gasteiger partial charge is 0.396 e. The van der Waals surface area contributed by atoms with Crippen molar-refractivity contribution in [2.75, 3.05) is 33.4 Å². The molecule has 0 bridgehead atoms. The van der Waals surface area contributed by atoms with Crippen LogP contribution in [0.25, 0.3) is 0 Å². The van der Waals surface area contributed by atoms with Crippen molar-refractivity contribution in [3.8, 4) is 0 Å². The molecular weight excluding hydrogens is 190 g/mol. The fraction of sp³-hybridized carbons (Fsp3) is 1.00. The molecule has 0 atom stereocenters.